The highest BCUT2D eigenvalue weighted by atomic mass is 35.5. The molecule has 0 spiro atoms. The number of hydrogen-bond donors (Lipinski definition) is 3. The minimum absolute atomic E-state index is 0.00288. The molecular formula is C17H18ClFN2O2. The van der Waals surface area contributed by atoms with Crippen LogP contribution in [0.2, 0.25) is 5.02 Å². The van der Waals surface area contributed by atoms with Crippen molar-refractivity contribution in [1.82, 2.24) is 5.32 Å². The number of nitrogens with one attached hydrogen (secondary N) is 2. The minimum atomic E-state index is -0.544. The van der Waals surface area contributed by atoms with E-state index in [0.29, 0.717) is 11.4 Å². The summed E-state index contributed by atoms with van der Waals surface area (Å²) in [5.74, 6) is -0.928. The lowest BCUT2D eigenvalue weighted by molar-refractivity contribution is -0.115. The Morgan fingerprint density at radius 2 is 1.96 bits per heavy atom. The molecule has 0 aliphatic heterocycles. The monoisotopic (exact) mass is 336 g/mol. The standard InChI is InChI=1S/C17H18ClFN2O2/c18-13-6-7-14(19)16(10-13)21-17(23)11-20-15(8-9-22)12-4-2-1-3-5-12/h1-7,10,15,20,22H,8-9,11H2,(H,21,23). The molecule has 122 valence electrons. The van der Waals surface area contributed by atoms with Gasteiger partial charge in [0.1, 0.15) is 5.82 Å². The highest BCUT2D eigenvalue weighted by molar-refractivity contribution is 6.30. The molecule has 0 fully saturated rings. The summed E-state index contributed by atoms with van der Waals surface area (Å²) >= 11 is 5.79. The number of aliphatic hydroxyl groups excluding tert-OH is 1. The summed E-state index contributed by atoms with van der Waals surface area (Å²) in [5.41, 5.74) is 1.02. The van der Waals surface area contributed by atoms with Gasteiger partial charge in [-0.15, -0.1) is 0 Å². The van der Waals surface area contributed by atoms with Crippen LogP contribution in [0, 0.1) is 5.82 Å². The number of benzene rings is 2. The molecule has 4 nitrogen and oxygen atoms in total. The van der Waals surface area contributed by atoms with Crippen LogP contribution in [0.25, 0.3) is 0 Å². The predicted octanol–water partition coefficient (Wildman–Crippen LogP) is 3.13. The maximum absolute atomic E-state index is 13.6. The SMILES string of the molecule is O=C(CNC(CCO)c1ccccc1)Nc1cc(Cl)ccc1F. The molecule has 6 heteroatoms. The smallest absolute Gasteiger partial charge is 0.238 e. The van der Waals surface area contributed by atoms with Crippen molar-refractivity contribution in [3.63, 3.8) is 0 Å². The van der Waals surface area contributed by atoms with Crippen molar-refractivity contribution in [3.8, 4) is 0 Å². The molecule has 0 radical (unpaired) electrons. The highest BCUT2D eigenvalue weighted by Crippen LogP contribution is 2.19. The number of aliphatic hydroxyl groups is 1. The summed E-state index contributed by atoms with van der Waals surface area (Å²) in [5, 5.41) is 15.0. The predicted molar refractivity (Wildman–Crippen MR) is 88.9 cm³/mol. The molecule has 0 saturated carbocycles. The maximum Gasteiger partial charge on any atom is 0.238 e. The first kappa shape index (κ1) is 17.4. The molecule has 2 aromatic rings. The maximum atomic E-state index is 13.6. The first-order valence-electron chi connectivity index (χ1n) is 7.24. The summed E-state index contributed by atoms with van der Waals surface area (Å²) in [6.45, 7) is -0.0113. The summed E-state index contributed by atoms with van der Waals surface area (Å²) in [4.78, 5) is 12.0. The second-order valence-corrected chi connectivity index (χ2v) is 5.47. The third-order valence-electron chi connectivity index (χ3n) is 3.33. The third kappa shape index (κ3) is 5.32. The Morgan fingerprint density at radius 1 is 1.22 bits per heavy atom. The molecule has 1 amide bonds. The minimum Gasteiger partial charge on any atom is -0.396 e. The van der Waals surface area contributed by atoms with E-state index in [1.54, 1.807) is 0 Å². The lowest BCUT2D eigenvalue weighted by Crippen LogP contribution is -2.32. The van der Waals surface area contributed by atoms with Crippen molar-refractivity contribution in [2.24, 2.45) is 0 Å². The van der Waals surface area contributed by atoms with Gasteiger partial charge in [0.05, 0.1) is 12.2 Å². The number of anilines is 1. The van der Waals surface area contributed by atoms with E-state index in [2.05, 4.69) is 10.6 Å². The van der Waals surface area contributed by atoms with Gasteiger partial charge in [-0.1, -0.05) is 41.9 Å². The van der Waals surface area contributed by atoms with Crippen LogP contribution >= 0.6 is 11.6 Å². The Balaban J connectivity index is 1.95. The van der Waals surface area contributed by atoms with E-state index >= 15 is 0 Å². The molecule has 1 unspecified atom stereocenters. The number of carbonyl (C=O) groups is 1. The average Bonchev–Trinajstić information content (AvgIpc) is 2.55. The fourth-order valence-corrected chi connectivity index (χ4v) is 2.38. The summed E-state index contributed by atoms with van der Waals surface area (Å²) in [6, 6.07) is 13.3. The molecular weight excluding hydrogens is 319 g/mol. The topological polar surface area (TPSA) is 61.4 Å². The van der Waals surface area contributed by atoms with E-state index in [0.717, 1.165) is 5.56 Å². The molecule has 3 N–H and O–H groups in total. The number of hydrogen-bond acceptors (Lipinski definition) is 3. The fourth-order valence-electron chi connectivity index (χ4n) is 2.20. The van der Waals surface area contributed by atoms with Gasteiger partial charge in [0.25, 0.3) is 0 Å². The lowest BCUT2D eigenvalue weighted by Gasteiger charge is -2.18. The van der Waals surface area contributed by atoms with Crippen LogP contribution in [0.3, 0.4) is 0 Å². The molecule has 2 aromatic carbocycles. The van der Waals surface area contributed by atoms with Gasteiger partial charge < -0.3 is 15.7 Å². The van der Waals surface area contributed by atoms with Gasteiger partial charge in [0, 0.05) is 17.7 Å². The van der Waals surface area contributed by atoms with Crippen molar-refractivity contribution in [2.75, 3.05) is 18.5 Å². The van der Waals surface area contributed by atoms with Crippen LogP contribution in [-0.2, 0) is 4.79 Å². The van der Waals surface area contributed by atoms with Crippen LogP contribution in [0.4, 0.5) is 10.1 Å². The van der Waals surface area contributed by atoms with Gasteiger partial charge >= 0.3 is 0 Å². The average molecular weight is 337 g/mol. The van der Waals surface area contributed by atoms with E-state index in [1.165, 1.54) is 18.2 Å². The van der Waals surface area contributed by atoms with Crippen molar-refractivity contribution in [2.45, 2.75) is 12.5 Å². The third-order valence-corrected chi connectivity index (χ3v) is 3.57. The lowest BCUT2D eigenvalue weighted by atomic mass is 10.0. The van der Waals surface area contributed by atoms with Gasteiger partial charge in [0.15, 0.2) is 0 Å². The van der Waals surface area contributed by atoms with Crippen molar-refractivity contribution in [1.29, 1.82) is 0 Å². The molecule has 0 heterocycles. The van der Waals surface area contributed by atoms with Crippen molar-refractivity contribution in [3.05, 3.63) is 64.9 Å². The van der Waals surface area contributed by atoms with Crippen LogP contribution in [-0.4, -0.2) is 24.2 Å². The second-order valence-electron chi connectivity index (χ2n) is 5.03. The van der Waals surface area contributed by atoms with E-state index < -0.39 is 5.82 Å². The quantitative estimate of drug-likeness (QED) is 0.728. The van der Waals surface area contributed by atoms with Gasteiger partial charge in [0.2, 0.25) is 5.91 Å². The van der Waals surface area contributed by atoms with Crippen molar-refractivity contribution < 1.29 is 14.3 Å². The van der Waals surface area contributed by atoms with Gasteiger partial charge in [-0.2, -0.15) is 0 Å². The van der Waals surface area contributed by atoms with Crippen LogP contribution < -0.4 is 10.6 Å². The van der Waals surface area contributed by atoms with E-state index in [9.17, 15) is 9.18 Å². The number of carbonyl (C=O) groups excluding carboxylic acids is 1. The number of rotatable bonds is 7. The van der Waals surface area contributed by atoms with Crippen molar-refractivity contribution >= 4 is 23.2 Å². The van der Waals surface area contributed by atoms with Crippen LogP contribution in [0.5, 0.6) is 0 Å². The molecule has 23 heavy (non-hydrogen) atoms. The molecule has 0 bridgehead atoms. The Labute approximate surface area is 139 Å². The van der Waals surface area contributed by atoms with E-state index in [-0.39, 0.29) is 30.8 Å². The molecule has 0 aliphatic rings. The van der Waals surface area contributed by atoms with Crippen LogP contribution in [0.15, 0.2) is 48.5 Å². The molecule has 0 saturated heterocycles. The zero-order valence-electron chi connectivity index (χ0n) is 12.4. The first-order valence-corrected chi connectivity index (χ1v) is 7.62. The van der Waals surface area contributed by atoms with Crippen LogP contribution in [0.1, 0.15) is 18.0 Å². The normalized spacial score (nSPS) is 12.0. The molecule has 0 aliphatic carbocycles. The Morgan fingerprint density at radius 3 is 2.65 bits per heavy atom. The first-order chi connectivity index (χ1) is 11.1. The van der Waals surface area contributed by atoms with Gasteiger partial charge in [-0.3, -0.25) is 4.79 Å². The number of amides is 1. The van der Waals surface area contributed by atoms with E-state index in [1.807, 2.05) is 30.3 Å². The number of halogens is 2. The largest absolute Gasteiger partial charge is 0.396 e. The second kappa shape index (κ2) is 8.62. The summed E-state index contributed by atoms with van der Waals surface area (Å²) < 4.78 is 13.6. The Bertz CT molecular complexity index is 652. The zero-order valence-corrected chi connectivity index (χ0v) is 13.2. The Kier molecular flexibility index (Phi) is 6.52. The zero-order chi connectivity index (χ0) is 16.7. The van der Waals surface area contributed by atoms with Gasteiger partial charge in [-0.25, -0.2) is 4.39 Å². The summed E-state index contributed by atoms with van der Waals surface area (Å²) in [7, 11) is 0. The molecule has 0 aromatic heterocycles. The fraction of sp³-hybridized carbons (Fsp3) is 0.235. The van der Waals surface area contributed by atoms with Gasteiger partial charge in [-0.05, 0) is 30.2 Å². The Hall–Kier alpha value is -1.95. The molecule has 2 rings (SSSR count). The van der Waals surface area contributed by atoms with E-state index in [4.69, 9.17) is 16.7 Å². The highest BCUT2D eigenvalue weighted by Gasteiger charge is 2.13. The summed E-state index contributed by atoms with van der Waals surface area (Å²) in [6.07, 6.45) is 0.475. The molecule has 1 atom stereocenters.